The van der Waals surface area contributed by atoms with E-state index in [4.69, 9.17) is 0 Å². The monoisotopic (exact) mass is 272 g/mol. The second-order valence-corrected chi connectivity index (χ2v) is 4.11. The number of fused-ring (bicyclic) bond motifs is 1. The molecular formula is C6Cl2F6O. The third kappa shape index (κ3) is 0.888. The number of rotatable bonds is 0. The zero-order valence-corrected chi connectivity index (χ0v) is 7.94. The van der Waals surface area contributed by atoms with Gasteiger partial charge in [-0.2, -0.15) is 8.78 Å². The SMILES string of the molecule is FC1=C(F)[C@@](F)(Cl)[C@@](F)(Cl)C2(F)OC12F. The highest BCUT2D eigenvalue weighted by Gasteiger charge is 2.95. The minimum atomic E-state index is -4.41. The lowest BCUT2D eigenvalue weighted by Gasteiger charge is -2.32. The number of ether oxygens (including phenoxy) is 1. The molecule has 1 saturated heterocycles. The lowest BCUT2D eigenvalue weighted by Crippen LogP contribution is -2.55. The van der Waals surface area contributed by atoms with Crippen LogP contribution in [0.3, 0.4) is 0 Å². The minimum absolute atomic E-state index is 2.60. The highest BCUT2D eigenvalue weighted by atomic mass is 35.5. The van der Waals surface area contributed by atoms with Crippen molar-refractivity contribution >= 4 is 23.2 Å². The molecule has 0 amide bonds. The Morgan fingerprint density at radius 3 is 1.87 bits per heavy atom. The van der Waals surface area contributed by atoms with E-state index in [-0.39, 0.29) is 0 Å². The number of hydrogen-bond donors (Lipinski definition) is 0. The van der Waals surface area contributed by atoms with Crippen LogP contribution in [0.15, 0.2) is 11.7 Å². The first-order valence-electron chi connectivity index (χ1n) is 3.42. The van der Waals surface area contributed by atoms with Gasteiger partial charge in [0.2, 0.25) is 5.83 Å². The summed E-state index contributed by atoms with van der Waals surface area (Å²) in [5.74, 6) is -13.5. The Labute approximate surface area is 88.6 Å². The van der Waals surface area contributed by atoms with Gasteiger partial charge in [-0.05, 0) is 0 Å². The summed E-state index contributed by atoms with van der Waals surface area (Å²) in [6, 6.07) is 0. The van der Waals surface area contributed by atoms with Crippen LogP contribution >= 0.6 is 23.2 Å². The van der Waals surface area contributed by atoms with E-state index in [0.29, 0.717) is 0 Å². The molecule has 4 atom stereocenters. The van der Waals surface area contributed by atoms with E-state index < -0.39 is 33.6 Å². The molecule has 1 heterocycles. The van der Waals surface area contributed by atoms with E-state index >= 15 is 0 Å². The maximum atomic E-state index is 13.2. The number of alkyl halides is 6. The molecule has 1 fully saturated rings. The first-order chi connectivity index (χ1) is 6.52. The Morgan fingerprint density at radius 1 is 0.933 bits per heavy atom. The van der Waals surface area contributed by atoms with Crippen molar-refractivity contribution < 1.29 is 31.1 Å². The van der Waals surface area contributed by atoms with E-state index in [2.05, 4.69) is 27.9 Å². The molecule has 15 heavy (non-hydrogen) atoms. The highest BCUT2D eigenvalue weighted by molar-refractivity contribution is 6.35. The predicted octanol–water partition coefficient (Wildman–Crippen LogP) is 3.32. The lowest BCUT2D eigenvalue weighted by atomic mass is 9.97. The minimum Gasteiger partial charge on any atom is -0.289 e. The molecule has 0 saturated carbocycles. The number of allylic oxidation sites excluding steroid dienone is 1. The average molecular weight is 273 g/mol. The Balaban J connectivity index is 2.69. The van der Waals surface area contributed by atoms with Gasteiger partial charge < -0.3 is 0 Å². The van der Waals surface area contributed by atoms with Gasteiger partial charge in [-0.1, -0.05) is 23.2 Å². The van der Waals surface area contributed by atoms with E-state index in [1.165, 1.54) is 0 Å². The molecule has 0 N–H and O–H groups in total. The van der Waals surface area contributed by atoms with Crippen molar-refractivity contribution in [1.82, 2.24) is 0 Å². The topological polar surface area (TPSA) is 12.5 Å². The van der Waals surface area contributed by atoms with Crippen LogP contribution < -0.4 is 0 Å². The Morgan fingerprint density at radius 2 is 1.40 bits per heavy atom. The number of hydrogen-bond acceptors (Lipinski definition) is 1. The van der Waals surface area contributed by atoms with Gasteiger partial charge in [-0.25, -0.2) is 17.6 Å². The smallest absolute Gasteiger partial charge is 0.289 e. The molecule has 86 valence electrons. The summed E-state index contributed by atoms with van der Waals surface area (Å²) >= 11 is 9.14. The van der Waals surface area contributed by atoms with Gasteiger partial charge >= 0.3 is 16.8 Å². The summed E-state index contributed by atoms with van der Waals surface area (Å²) in [4.78, 5) is 0. The van der Waals surface area contributed by atoms with Gasteiger partial charge in [-0.15, -0.1) is 0 Å². The van der Waals surface area contributed by atoms with Crippen LogP contribution in [0.4, 0.5) is 26.3 Å². The van der Waals surface area contributed by atoms with Gasteiger partial charge in [0.15, 0.2) is 5.83 Å². The Kier molecular flexibility index (Phi) is 1.82. The van der Waals surface area contributed by atoms with Crippen LogP contribution in [0.2, 0.25) is 0 Å². The molecule has 2 unspecified atom stereocenters. The van der Waals surface area contributed by atoms with Crippen molar-refractivity contribution in [1.29, 1.82) is 0 Å². The molecular weight excluding hydrogens is 273 g/mol. The molecule has 9 heteroatoms. The quantitative estimate of drug-likeness (QED) is 0.374. The third-order valence-electron chi connectivity index (χ3n) is 2.20. The Hall–Kier alpha value is -0.140. The maximum Gasteiger partial charge on any atom is 0.332 e. The second-order valence-electron chi connectivity index (χ2n) is 3.07. The summed E-state index contributed by atoms with van der Waals surface area (Å²) in [5.41, 5.74) is 0. The van der Waals surface area contributed by atoms with Crippen LogP contribution in [0.1, 0.15) is 0 Å². The maximum absolute atomic E-state index is 13.2. The first-order valence-corrected chi connectivity index (χ1v) is 4.18. The number of halogens is 8. The number of epoxide rings is 1. The summed E-state index contributed by atoms with van der Waals surface area (Å²) < 4.78 is 81.2. The third-order valence-corrected chi connectivity index (χ3v) is 3.23. The summed E-state index contributed by atoms with van der Waals surface area (Å²) in [6.45, 7) is 0. The van der Waals surface area contributed by atoms with Crippen LogP contribution in [0.25, 0.3) is 0 Å². The van der Waals surface area contributed by atoms with Crippen molar-refractivity contribution in [3.8, 4) is 0 Å². The van der Waals surface area contributed by atoms with Gasteiger partial charge in [0, 0.05) is 0 Å². The summed E-state index contributed by atoms with van der Waals surface area (Å²) in [7, 11) is 0. The average Bonchev–Trinajstić information content (AvgIpc) is 2.69. The second kappa shape index (κ2) is 2.41. The molecule has 0 bridgehead atoms. The van der Waals surface area contributed by atoms with Crippen molar-refractivity contribution in [2.75, 3.05) is 0 Å². The molecule has 1 nitrogen and oxygen atoms in total. The van der Waals surface area contributed by atoms with Crippen molar-refractivity contribution in [3.63, 3.8) is 0 Å². The molecule has 1 aliphatic heterocycles. The van der Waals surface area contributed by atoms with Gasteiger partial charge in [0.25, 0.3) is 5.13 Å². The first kappa shape index (κ1) is 11.3. The van der Waals surface area contributed by atoms with E-state index in [9.17, 15) is 26.3 Å². The van der Waals surface area contributed by atoms with Crippen LogP contribution in [0, 0.1) is 0 Å². The fourth-order valence-corrected chi connectivity index (χ4v) is 1.69. The van der Waals surface area contributed by atoms with Crippen molar-refractivity contribution in [2.24, 2.45) is 0 Å². The van der Waals surface area contributed by atoms with Gasteiger partial charge in [0.05, 0.1) is 0 Å². The molecule has 0 aromatic heterocycles. The molecule has 2 rings (SSSR count). The summed E-state index contributed by atoms with van der Waals surface area (Å²) in [5, 5.41) is -8.78. The molecule has 0 radical (unpaired) electrons. The summed E-state index contributed by atoms with van der Waals surface area (Å²) in [6.07, 6.45) is 0. The van der Waals surface area contributed by atoms with Crippen LogP contribution in [0.5, 0.6) is 0 Å². The van der Waals surface area contributed by atoms with Crippen LogP contribution in [-0.4, -0.2) is 22.0 Å². The largest absolute Gasteiger partial charge is 0.332 e. The lowest BCUT2D eigenvalue weighted by molar-refractivity contribution is -0.0521. The zero-order valence-electron chi connectivity index (χ0n) is 6.43. The molecule has 0 spiro atoms. The fraction of sp³-hybridized carbons (Fsp3) is 0.667. The van der Waals surface area contributed by atoms with Gasteiger partial charge in [-0.3, -0.25) is 4.74 Å². The molecule has 2 aliphatic rings. The van der Waals surface area contributed by atoms with E-state index in [0.717, 1.165) is 0 Å². The fourth-order valence-electron chi connectivity index (χ4n) is 1.24. The molecule has 0 aromatic carbocycles. The standard InChI is InChI=1S/C6Cl2F6O/c7-3(11)1(9)2(10)4(12)6(14,15-4)5(3,8)13/t3-,4?,5-,6?/m0/s1. The van der Waals surface area contributed by atoms with Gasteiger partial charge in [0.1, 0.15) is 0 Å². The zero-order chi connectivity index (χ0) is 11.9. The predicted molar refractivity (Wildman–Crippen MR) is 37.4 cm³/mol. The normalized spacial score (nSPS) is 59.2. The molecule has 0 aromatic rings. The van der Waals surface area contributed by atoms with E-state index in [1.807, 2.05) is 0 Å². The van der Waals surface area contributed by atoms with E-state index in [1.54, 1.807) is 0 Å². The van der Waals surface area contributed by atoms with Crippen LogP contribution in [-0.2, 0) is 4.74 Å². The Bertz CT molecular complexity index is 382. The van der Waals surface area contributed by atoms with Crippen molar-refractivity contribution in [2.45, 2.75) is 22.0 Å². The van der Waals surface area contributed by atoms with Crippen molar-refractivity contribution in [3.05, 3.63) is 11.7 Å². The highest BCUT2D eigenvalue weighted by Crippen LogP contribution is 2.72. The molecule has 1 aliphatic carbocycles.